The van der Waals surface area contributed by atoms with Gasteiger partial charge in [-0.2, -0.15) is 0 Å². The largest absolute Gasteiger partial charge is 0.462 e. The minimum absolute atomic E-state index is 0.0848. The van der Waals surface area contributed by atoms with Crippen LogP contribution in [-0.4, -0.2) is 37.2 Å². The van der Waals surface area contributed by atoms with Gasteiger partial charge in [0.15, 0.2) is 6.10 Å². The molecule has 1 unspecified atom stereocenters. The van der Waals surface area contributed by atoms with Crippen LogP contribution in [0.4, 0.5) is 0 Å². The molecule has 0 heterocycles. The van der Waals surface area contributed by atoms with Gasteiger partial charge in [0.2, 0.25) is 0 Å². The molecule has 0 saturated carbocycles. The monoisotopic (exact) mass is 1030 g/mol. The first-order valence-corrected chi connectivity index (χ1v) is 31.6. The maximum absolute atomic E-state index is 12.9. The van der Waals surface area contributed by atoms with Crippen molar-refractivity contribution in [3.8, 4) is 0 Å². The number of unbranched alkanes of at least 4 members (excludes halogenated alkanes) is 32. The molecule has 0 saturated heterocycles. The topological polar surface area (TPSA) is 78.9 Å². The fraction of sp³-hybridized carbons (Fsp3) is 0.750. The molecule has 0 aliphatic carbocycles. The summed E-state index contributed by atoms with van der Waals surface area (Å²) in [7, 11) is 0. The summed E-state index contributed by atoms with van der Waals surface area (Å²) in [6.07, 6.45) is 81.6. The molecule has 74 heavy (non-hydrogen) atoms. The van der Waals surface area contributed by atoms with Crippen molar-refractivity contribution in [1.82, 2.24) is 0 Å². The number of hydrogen-bond acceptors (Lipinski definition) is 6. The molecule has 0 rings (SSSR count). The number of rotatable bonds is 57. The van der Waals surface area contributed by atoms with E-state index in [1.54, 1.807) is 0 Å². The van der Waals surface area contributed by atoms with Gasteiger partial charge in [0.1, 0.15) is 13.2 Å². The van der Waals surface area contributed by atoms with Gasteiger partial charge in [0.05, 0.1) is 0 Å². The Hall–Kier alpha value is -3.41. The van der Waals surface area contributed by atoms with Crippen molar-refractivity contribution in [2.45, 2.75) is 316 Å². The van der Waals surface area contributed by atoms with Crippen LogP contribution in [0, 0.1) is 0 Å². The molecule has 0 aliphatic rings. The van der Waals surface area contributed by atoms with Gasteiger partial charge in [-0.3, -0.25) is 14.4 Å². The summed E-state index contributed by atoms with van der Waals surface area (Å²) < 4.78 is 16.9. The molecule has 0 aliphatic heterocycles. The SMILES string of the molecule is CCC/C=C\CCCCCCCC(=O)OCC(COC(=O)CCCCCCCCCCCCCC/C=C\C/C=C\C/C=C\CCCCCCC)OC(=O)CCCCCCCC/C=C\C/C=C\C/C=C\CCCCC. The molecule has 0 spiro atoms. The Morgan fingerprint density at radius 3 is 0.851 bits per heavy atom. The maximum atomic E-state index is 12.9. The number of hydrogen-bond donors (Lipinski definition) is 0. The lowest BCUT2D eigenvalue weighted by Crippen LogP contribution is -2.30. The average molecular weight is 1030 g/mol. The first-order valence-electron chi connectivity index (χ1n) is 31.6. The summed E-state index contributed by atoms with van der Waals surface area (Å²) in [4.78, 5) is 38.2. The van der Waals surface area contributed by atoms with Gasteiger partial charge in [-0.25, -0.2) is 0 Å². The lowest BCUT2D eigenvalue weighted by molar-refractivity contribution is -0.167. The fourth-order valence-corrected chi connectivity index (χ4v) is 8.81. The molecule has 0 fully saturated rings. The van der Waals surface area contributed by atoms with E-state index in [-0.39, 0.29) is 31.1 Å². The van der Waals surface area contributed by atoms with Gasteiger partial charge in [-0.05, 0) is 116 Å². The zero-order chi connectivity index (χ0) is 53.6. The first-order chi connectivity index (χ1) is 36.5. The van der Waals surface area contributed by atoms with Crippen LogP contribution in [0.15, 0.2) is 85.1 Å². The third kappa shape index (κ3) is 59.5. The van der Waals surface area contributed by atoms with Crippen molar-refractivity contribution >= 4 is 17.9 Å². The third-order valence-corrected chi connectivity index (χ3v) is 13.6. The Morgan fingerprint density at radius 2 is 0.514 bits per heavy atom. The molecule has 0 N–H and O–H groups in total. The zero-order valence-electron chi connectivity index (χ0n) is 48.8. The molecule has 1 atom stereocenters. The van der Waals surface area contributed by atoms with E-state index in [1.165, 1.54) is 161 Å². The van der Waals surface area contributed by atoms with Crippen molar-refractivity contribution in [3.05, 3.63) is 85.1 Å². The molecule has 0 aromatic rings. The molecule has 0 aromatic heterocycles. The van der Waals surface area contributed by atoms with E-state index < -0.39 is 6.10 Å². The Bertz CT molecular complexity index is 1420. The Kier molecular flexibility index (Phi) is 59.3. The normalized spacial score (nSPS) is 12.6. The number of allylic oxidation sites excluding steroid dienone is 14. The summed E-state index contributed by atoms with van der Waals surface area (Å²) in [5.74, 6) is -0.902. The van der Waals surface area contributed by atoms with Gasteiger partial charge in [0, 0.05) is 19.3 Å². The summed E-state index contributed by atoms with van der Waals surface area (Å²) in [5, 5.41) is 0. The van der Waals surface area contributed by atoms with Gasteiger partial charge in [-0.1, -0.05) is 260 Å². The van der Waals surface area contributed by atoms with Crippen molar-refractivity contribution in [1.29, 1.82) is 0 Å². The van der Waals surface area contributed by atoms with Crippen LogP contribution in [0.5, 0.6) is 0 Å². The van der Waals surface area contributed by atoms with Crippen molar-refractivity contribution in [2.75, 3.05) is 13.2 Å². The Morgan fingerprint density at radius 1 is 0.270 bits per heavy atom. The van der Waals surface area contributed by atoms with Crippen molar-refractivity contribution in [3.63, 3.8) is 0 Å². The van der Waals surface area contributed by atoms with Gasteiger partial charge >= 0.3 is 17.9 Å². The van der Waals surface area contributed by atoms with Gasteiger partial charge in [-0.15, -0.1) is 0 Å². The highest BCUT2D eigenvalue weighted by atomic mass is 16.6. The van der Waals surface area contributed by atoms with Gasteiger partial charge < -0.3 is 14.2 Å². The minimum Gasteiger partial charge on any atom is -0.462 e. The second-order valence-electron chi connectivity index (χ2n) is 21.0. The molecular formula is C68H118O6. The zero-order valence-corrected chi connectivity index (χ0v) is 48.8. The van der Waals surface area contributed by atoms with Crippen LogP contribution in [0.3, 0.4) is 0 Å². The average Bonchev–Trinajstić information content (AvgIpc) is 3.40. The third-order valence-electron chi connectivity index (χ3n) is 13.6. The van der Waals surface area contributed by atoms with E-state index >= 15 is 0 Å². The van der Waals surface area contributed by atoms with E-state index in [1.807, 2.05) is 0 Å². The van der Waals surface area contributed by atoms with Crippen LogP contribution in [-0.2, 0) is 28.6 Å². The molecule has 0 aromatic carbocycles. The second kappa shape index (κ2) is 62.1. The summed E-state index contributed by atoms with van der Waals surface area (Å²) in [5.41, 5.74) is 0. The quantitative estimate of drug-likeness (QED) is 0.0261. The van der Waals surface area contributed by atoms with E-state index in [2.05, 4.69) is 106 Å². The number of carbonyl (C=O) groups is 3. The van der Waals surface area contributed by atoms with Crippen LogP contribution >= 0.6 is 0 Å². The highest BCUT2D eigenvalue weighted by molar-refractivity contribution is 5.71. The van der Waals surface area contributed by atoms with E-state index in [0.717, 1.165) is 109 Å². The second-order valence-corrected chi connectivity index (χ2v) is 21.0. The molecule has 0 bridgehead atoms. The highest BCUT2D eigenvalue weighted by Crippen LogP contribution is 2.16. The maximum Gasteiger partial charge on any atom is 0.306 e. The van der Waals surface area contributed by atoms with Crippen LogP contribution in [0.1, 0.15) is 310 Å². The smallest absolute Gasteiger partial charge is 0.306 e. The number of esters is 3. The summed E-state index contributed by atoms with van der Waals surface area (Å²) in [6, 6.07) is 0. The molecule has 6 heteroatoms. The molecule has 426 valence electrons. The lowest BCUT2D eigenvalue weighted by atomic mass is 10.0. The molecule has 6 nitrogen and oxygen atoms in total. The number of ether oxygens (including phenoxy) is 3. The molecule has 0 amide bonds. The predicted octanol–water partition coefficient (Wildman–Crippen LogP) is 21.5. The van der Waals surface area contributed by atoms with E-state index in [9.17, 15) is 14.4 Å². The fourth-order valence-electron chi connectivity index (χ4n) is 8.81. The Balaban J connectivity index is 4.25. The van der Waals surface area contributed by atoms with E-state index in [0.29, 0.717) is 19.3 Å². The molecule has 0 radical (unpaired) electrons. The summed E-state index contributed by atoms with van der Waals surface area (Å²) in [6.45, 7) is 6.54. The molecular weight excluding hydrogens is 913 g/mol. The lowest BCUT2D eigenvalue weighted by Gasteiger charge is -2.18. The van der Waals surface area contributed by atoms with Crippen molar-refractivity contribution in [2.24, 2.45) is 0 Å². The minimum atomic E-state index is -0.788. The van der Waals surface area contributed by atoms with Gasteiger partial charge in [0.25, 0.3) is 0 Å². The van der Waals surface area contributed by atoms with Crippen LogP contribution in [0.2, 0.25) is 0 Å². The highest BCUT2D eigenvalue weighted by Gasteiger charge is 2.19. The first kappa shape index (κ1) is 70.6. The van der Waals surface area contributed by atoms with Crippen molar-refractivity contribution < 1.29 is 28.6 Å². The predicted molar refractivity (Wildman–Crippen MR) is 321 cm³/mol. The number of carbonyl (C=O) groups excluding carboxylic acids is 3. The Labute approximate surface area is 458 Å². The van der Waals surface area contributed by atoms with Crippen LogP contribution in [0.25, 0.3) is 0 Å². The standard InChI is InChI=1S/C68H118O6/c1-4-7-10-13-16-19-22-24-26-28-30-31-32-33-34-35-36-37-39-40-42-44-46-49-52-55-58-61-67(70)73-64-65(63-72-66(69)60-57-54-51-48-21-18-15-12-9-6-3)74-68(71)62-59-56-53-50-47-45-43-41-38-29-27-25-23-20-17-14-11-8-5-2/h12,15,17,20,22,24-25,27-28,30,32-33,38,41,65H,4-11,13-14,16,18-19,21,23,26,29,31,34-37,39-40,42-64H2,1-3H3/b15-12-,20-17-,24-22-,27-25-,30-28-,33-32-,41-38-. The summed E-state index contributed by atoms with van der Waals surface area (Å²) >= 11 is 0. The van der Waals surface area contributed by atoms with Crippen LogP contribution < -0.4 is 0 Å². The van der Waals surface area contributed by atoms with E-state index in [4.69, 9.17) is 14.2 Å².